The highest BCUT2D eigenvalue weighted by Crippen LogP contribution is 2.08. The van der Waals surface area contributed by atoms with Crippen LogP contribution in [0.4, 0.5) is 0 Å². The van der Waals surface area contributed by atoms with E-state index in [4.69, 9.17) is 4.74 Å². The van der Waals surface area contributed by atoms with Crippen molar-refractivity contribution in [1.29, 1.82) is 0 Å². The molecule has 1 amide bonds. The summed E-state index contributed by atoms with van der Waals surface area (Å²) in [5.41, 5.74) is 0. The molecule has 19 heavy (non-hydrogen) atoms. The highest BCUT2D eigenvalue weighted by Gasteiger charge is 2.29. The molecule has 0 spiro atoms. The lowest BCUT2D eigenvalue weighted by Crippen LogP contribution is -2.49. The molecule has 0 aromatic carbocycles. The Morgan fingerprint density at radius 1 is 1.53 bits per heavy atom. The molecule has 2 rings (SSSR count). The molecule has 0 radical (unpaired) electrons. The third-order valence-corrected chi connectivity index (χ3v) is 2.91. The predicted octanol–water partition coefficient (Wildman–Crippen LogP) is -0.931. The zero-order chi connectivity index (χ0) is 13.7. The van der Waals surface area contributed by atoms with Crippen molar-refractivity contribution < 1.29 is 19.1 Å². The molecular formula is C11H16N4O4. The van der Waals surface area contributed by atoms with E-state index in [-0.39, 0.29) is 12.5 Å². The van der Waals surface area contributed by atoms with Crippen molar-refractivity contribution in [3.05, 3.63) is 12.4 Å². The second kappa shape index (κ2) is 6.28. The van der Waals surface area contributed by atoms with Crippen molar-refractivity contribution in [3.8, 4) is 0 Å². The monoisotopic (exact) mass is 268 g/mol. The number of hydrogen-bond acceptors (Lipinski definition) is 6. The van der Waals surface area contributed by atoms with Gasteiger partial charge in [0.15, 0.2) is 6.10 Å². The molecule has 1 aliphatic rings. The Morgan fingerprint density at radius 3 is 3.05 bits per heavy atom. The van der Waals surface area contributed by atoms with Gasteiger partial charge in [-0.15, -0.1) is 5.10 Å². The Hall–Kier alpha value is -1.96. The third kappa shape index (κ3) is 3.50. The zero-order valence-electron chi connectivity index (χ0n) is 10.7. The summed E-state index contributed by atoms with van der Waals surface area (Å²) in [4.78, 5) is 25.0. The second-order valence-corrected chi connectivity index (χ2v) is 4.14. The molecule has 0 bridgehead atoms. The minimum Gasteiger partial charge on any atom is -0.467 e. The average Bonchev–Trinajstić information content (AvgIpc) is 2.97. The molecule has 0 saturated carbocycles. The second-order valence-electron chi connectivity index (χ2n) is 4.14. The van der Waals surface area contributed by atoms with Crippen molar-refractivity contribution in [2.75, 3.05) is 26.8 Å². The number of morpholine rings is 1. The Labute approximate surface area is 110 Å². The summed E-state index contributed by atoms with van der Waals surface area (Å²) in [6, 6.07) is 0. The molecule has 1 aromatic heterocycles. The van der Waals surface area contributed by atoms with Gasteiger partial charge >= 0.3 is 5.97 Å². The van der Waals surface area contributed by atoms with Gasteiger partial charge in [0.05, 0.1) is 33.0 Å². The SMILES string of the molecule is COC(=O)C1CN(C(=O)CCn2ccnn2)CCO1. The van der Waals surface area contributed by atoms with Gasteiger partial charge in [-0.3, -0.25) is 9.48 Å². The predicted molar refractivity (Wildman–Crippen MR) is 63.0 cm³/mol. The van der Waals surface area contributed by atoms with Crippen LogP contribution in [0.15, 0.2) is 12.4 Å². The Kier molecular flexibility index (Phi) is 4.45. The van der Waals surface area contributed by atoms with E-state index in [1.165, 1.54) is 7.11 Å². The summed E-state index contributed by atoms with van der Waals surface area (Å²) in [5.74, 6) is -0.485. The molecule has 8 nitrogen and oxygen atoms in total. The average molecular weight is 268 g/mol. The maximum Gasteiger partial charge on any atom is 0.336 e. The summed E-state index contributed by atoms with van der Waals surface area (Å²) < 4.78 is 11.5. The Morgan fingerprint density at radius 2 is 2.37 bits per heavy atom. The summed E-state index contributed by atoms with van der Waals surface area (Å²) in [6.45, 7) is 1.54. The van der Waals surface area contributed by atoms with Crippen molar-refractivity contribution >= 4 is 11.9 Å². The van der Waals surface area contributed by atoms with Crippen LogP contribution in [-0.2, 0) is 25.6 Å². The van der Waals surface area contributed by atoms with Crippen LogP contribution in [0.3, 0.4) is 0 Å². The molecule has 8 heteroatoms. The Balaban J connectivity index is 1.83. The number of rotatable bonds is 4. The number of carbonyl (C=O) groups is 2. The van der Waals surface area contributed by atoms with E-state index in [0.717, 1.165) is 0 Å². The number of nitrogens with zero attached hydrogens (tertiary/aromatic N) is 4. The molecular weight excluding hydrogens is 252 g/mol. The number of methoxy groups -OCH3 is 1. The van der Waals surface area contributed by atoms with E-state index < -0.39 is 12.1 Å². The number of carbonyl (C=O) groups excluding carboxylic acids is 2. The minimum absolute atomic E-state index is 0.0345. The number of ether oxygens (including phenoxy) is 2. The van der Waals surface area contributed by atoms with Crippen LogP contribution in [0, 0.1) is 0 Å². The van der Waals surface area contributed by atoms with Crippen LogP contribution in [-0.4, -0.2) is 64.7 Å². The lowest BCUT2D eigenvalue weighted by atomic mass is 10.2. The topological polar surface area (TPSA) is 86.6 Å². The molecule has 1 fully saturated rings. The Bertz CT molecular complexity index is 434. The lowest BCUT2D eigenvalue weighted by Gasteiger charge is -2.31. The fourth-order valence-corrected chi connectivity index (χ4v) is 1.87. The minimum atomic E-state index is -0.686. The molecule has 0 N–H and O–H groups in total. The molecule has 2 heterocycles. The van der Waals surface area contributed by atoms with E-state index in [1.54, 1.807) is 22.0 Å². The standard InChI is InChI=1S/C11H16N4O4/c1-18-11(17)9-8-14(6-7-19-9)10(16)2-4-15-5-3-12-13-15/h3,5,9H,2,4,6-8H2,1H3. The molecule has 104 valence electrons. The van der Waals surface area contributed by atoms with E-state index in [9.17, 15) is 9.59 Å². The number of hydrogen-bond donors (Lipinski definition) is 0. The lowest BCUT2D eigenvalue weighted by molar-refractivity contribution is -0.162. The largest absolute Gasteiger partial charge is 0.467 e. The number of amides is 1. The molecule has 1 atom stereocenters. The van der Waals surface area contributed by atoms with Crippen molar-refractivity contribution in [3.63, 3.8) is 0 Å². The van der Waals surface area contributed by atoms with E-state index in [0.29, 0.717) is 26.1 Å². The first-order valence-electron chi connectivity index (χ1n) is 6.02. The zero-order valence-corrected chi connectivity index (χ0v) is 10.7. The first kappa shape index (κ1) is 13.5. The van der Waals surface area contributed by atoms with Crippen LogP contribution in [0.1, 0.15) is 6.42 Å². The van der Waals surface area contributed by atoms with Gasteiger partial charge < -0.3 is 14.4 Å². The third-order valence-electron chi connectivity index (χ3n) is 2.91. The van der Waals surface area contributed by atoms with Gasteiger partial charge in [-0.05, 0) is 0 Å². The van der Waals surface area contributed by atoms with Crippen LogP contribution in [0.2, 0.25) is 0 Å². The summed E-state index contributed by atoms with van der Waals surface area (Å²) in [6.07, 6.45) is 2.89. The first-order valence-corrected chi connectivity index (χ1v) is 6.02. The number of aryl methyl sites for hydroxylation is 1. The number of esters is 1. The fourth-order valence-electron chi connectivity index (χ4n) is 1.87. The van der Waals surface area contributed by atoms with Crippen LogP contribution in [0.25, 0.3) is 0 Å². The highest BCUT2D eigenvalue weighted by atomic mass is 16.6. The molecule has 1 aliphatic heterocycles. The fraction of sp³-hybridized carbons (Fsp3) is 0.636. The van der Waals surface area contributed by atoms with Crippen molar-refractivity contribution in [1.82, 2.24) is 19.9 Å². The summed E-state index contributed by atoms with van der Waals surface area (Å²) in [5, 5.41) is 7.45. The summed E-state index contributed by atoms with van der Waals surface area (Å²) in [7, 11) is 1.30. The van der Waals surface area contributed by atoms with Crippen molar-refractivity contribution in [2.45, 2.75) is 19.1 Å². The van der Waals surface area contributed by atoms with Crippen LogP contribution < -0.4 is 0 Å². The van der Waals surface area contributed by atoms with Gasteiger partial charge in [-0.1, -0.05) is 5.21 Å². The smallest absolute Gasteiger partial charge is 0.336 e. The maximum atomic E-state index is 12.0. The van der Waals surface area contributed by atoms with Gasteiger partial charge in [0, 0.05) is 19.2 Å². The quantitative estimate of drug-likeness (QED) is 0.656. The molecule has 0 aliphatic carbocycles. The molecule has 1 saturated heterocycles. The van der Waals surface area contributed by atoms with Gasteiger partial charge in [0.1, 0.15) is 0 Å². The number of aromatic nitrogens is 3. The van der Waals surface area contributed by atoms with Crippen LogP contribution >= 0.6 is 0 Å². The molecule has 1 unspecified atom stereocenters. The van der Waals surface area contributed by atoms with Gasteiger partial charge in [0.25, 0.3) is 0 Å². The van der Waals surface area contributed by atoms with E-state index in [2.05, 4.69) is 15.0 Å². The van der Waals surface area contributed by atoms with E-state index in [1.807, 2.05) is 0 Å². The normalized spacial score (nSPS) is 19.2. The maximum absolute atomic E-state index is 12.0. The summed E-state index contributed by atoms with van der Waals surface area (Å²) >= 11 is 0. The highest BCUT2D eigenvalue weighted by molar-refractivity contribution is 5.79. The van der Waals surface area contributed by atoms with Gasteiger partial charge in [-0.25, -0.2) is 4.79 Å². The van der Waals surface area contributed by atoms with Gasteiger partial charge in [-0.2, -0.15) is 0 Å². The first-order chi connectivity index (χ1) is 9.20. The molecule has 1 aromatic rings. The van der Waals surface area contributed by atoms with Crippen LogP contribution in [0.5, 0.6) is 0 Å². The van der Waals surface area contributed by atoms with Gasteiger partial charge in [0.2, 0.25) is 5.91 Å². The van der Waals surface area contributed by atoms with E-state index >= 15 is 0 Å². The van der Waals surface area contributed by atoms with Crippen molar-refractivity contribution in [2.24, 2.45) is 0 Å².